The molecule has 0 aliphatic carbocycles. The van der Waals surface area contributed by atoms with Gasteiger partial charge in [-0.3, -0.25) is 0 Å². The van der Waals surface area contributed by atoms with Crippen LogP contribution in [-0.2, 0) is 13.5 Å². The van der Waals surface area contributed by atoms with Gasteiger partial charge in [0.25, 0.3) is 0 Å². The average molecular weight is 328 g/mol. The normalized spacial score (nSPS) is 15.7. The minimum atomic E-state index is -0.842. The SMILES string of the molecule is Cc1c(CCN2CCCC2)c2cc(C(=O)O)cc(C(C)C)c2n1C. The summed E-state index contributed by atoms with van der Waals surface area (Å²) in [6.07, 6.45) is 3.59. The molecule has 24 heavy (non-hydrogen) atoms. The molecule has 1 aromatic carbocycles. The summed E-state index contributed by atoms with van der Waals surface area (Å²) < 4.78 is 2.25. The summed E-state index contributed by atoms with van der Waals surface area (Å²) in [5, 5.41) is 10.6. The second-order valence-electron chi connectivity index (χ2n) is 7.34. The molecule has 0 bridgehead atoms. The Labute approximate surface area is 144 Å². The number of hydrogen-bond donors (Lipinski definition) is 1. The number of fused-ring (bicyclic) bond motifs is 1. The Bertz CT molecular complexity index is 768. The number of hydrogen-bond acceptors (Lipinski definition) is 2. The number of aryl methyl sites for hydroxylation is 1. The zero-order valence-electron chi connectivity index (χ0n) is 15.2. The van der Waals surface area contributed by atoms with Gasteiger partial charge in [0.15, 0.2) is 0 Å². The Morgan fingerprint density at radius 1 is 1.25 bits per heavy atom. The van der Waals surface area contributed by atoms with Crippen LogP contribution in [0.1, 0.15) is 59.8 Å². The van der Waals surface area contributed by atoms with E-state index in [2.05, 4.69) is 37.3 Å². The number of aromatic nitrogens is 1. The van der Waals surface area contributed by atoms with Gasteiger partial charge in [-0.2, -0.15) is 0 Å². The van der Waals surface area contributed by atoms with Crippen LogP contribution >= 0.6 is 0 Å². The van der Waals surface area contributed by atoms with E-state index in [1.165, 1.54) is 42.7 Å². The highest BCUT2D eigenvalue weighted by Gasteiger charge is 2.20. The van der Waals surface area contributed by atoms with Crippen LogP contribution in [0.25, 0.3) is 10.9 Å². The summed E-state index contributed by atoms with van der Waals surface area (Å²) in [5.41, 5.74) is 5.30. The first-order valence-electron chi connectivity index (χ1n) is 8.97. The number of carboxylic acid groups (broad SMARTS) is 1. The molecule has 0 unspecified atom stereocenters. The molecule has 2 aromatic rings. The highest BCUT2D eigenvalue weighted by atomic mass is 16.4. The molecule has 3 rings (SSSR count). The largest absolute Gasteiger partial charge is 0.478 e. The smallest absolute Gasteiger partial charge is 0.335 e. The Morgan fingerprint density at radius 3 is 2.50 bits per heavy atom. The number of rotatable bonds is 5. The van der Waals surface area contributed by atoms with E-state index in [1.54, 1.807) is 0 Å². The summed E-state index contributed by atoms with van der Waals surface area (Å²) in [4.78, 5) is 14.1. The number of carbonyl (C=O) groups is 1. The fourth-order valence-electron chi connectivity index (χ4n) is 3.98. The molecule has 2 heterocycles. The fraction of sp³-hybridized carbons (Fsp3) is 0.550. The number of carboxylic acids is 1. The second-order valence-corrected chi connectivity index (χ2v) is 7.34. The van der Waals surface area contributed by atoms with E-state index in [0.717, 1.165) is 23.9 Å². The van der Waals surface area contributed by atoms with Crippen LogP contribution in [0.5, 0.6) is 0 Å². The monoisotopic (exact) mass is 328 g/mol. The zero-order valence-corrected chi connectivity index (χ0v) is 15.2. The number of likely N-dealkylation sites (tertiary alicyclic amines) is 1. The molecular formula is C20H28N2O2. The first kappa shape index (κ1) is 17.0. The molecule has 1 N–H and O–H groups in total. The van der Waals surface area contributed by atoms with Crippen molar-refractivity contribution in [3.8, 4) is 0 Å². The Morgan fingerprint density at radius 2 is 1.92 bits per heavy atom. The molecule has 130 valence electrons. The summed E-state index contributed by atoms with van der Waals surface area (Å²) in [6.45, 7) is 9.88. The molecule has 1 saturated heterocycles. The Kier molecular flexibility index (Phi) is 4.68. The molecule has 0 amide bonds. The van der Waals surface area contributed by atoms with Crippen LogP contribution in [0, 0.1) is 6.92 Å². The van der Waals surface area contributed by atoms with E-state index in [4.69, 9.17) is 0 Å². The highest BCUT2D eigenvalue weighted by molar-refractivity contribution is 5.97. The predicted molar refractivity (Wildman–Crippen MR) is 98.1 cm³/mol. The van der Waals surface area contributed by atoms with Crippen molar-refractivity contribution in [1.82, 2.24) is 9.47 Å². The van der Waals surface area contributed by atoms with E-state index >= 15 is 0 Å². The molecular weight excluding hydrogens is 300 g/mol. The van der Waals surface area contributed by atoms with Crippen LogP contribution in [0.3, 0.4) is 0 Å². The molecule has 0 atom stereocenters. The number of aromatic carboxylic acids is 1. The molecule has 1 fully saturated rings. The molecule has 1 aliphatic rings. The van der Waals surface area contributed by atoms with Crippen molar-refractivity contribution in [3.63, 3.8) is 0 Å². The van der Waals surface area contributed by atoms with Crippen molar-refractivity contribution in [2.45, 2.75) is 46.0 Å². The molecule has 4 nitrogen and oxygen atoms in total. The standard InChI is InChI=1S/C20H28N2O2/c1-13(2)17-11-15(20(23)24)12-18-16(14(3)21(4)19(17)18)7-10-22-8-5-6-9-22/h11-13H,5-10H2,1-4H3,(H,23,24). The predicted octanol–water partition coefficient (Wildman–Crippen LogP) is 3.95. The summed E-state index contributed by atoms with van der Waals surface area (Å²) in [6, 6.07) is 3.72. The van der Waals surface area contributed by atoms with Gasteiger partial charge < -0.3 is 14.6 Å². The third-order valence-electron chi connectivity index (χ3n) is 5.49. The van der Waals surface area contributed by atoms with Gasteiger partial charge in [-0.25, -0.2) is 4.79 Å². The molecule has 0 saturated carbocycles. The van der Waals surface area contributed by atoms with Crippen molar-refractivity contribution in [3.05, 3.63) is 34.5 Å². The topological polar surface area (TPSA) is 45.5 Å². The fourth-order valence-corrected chi connectivity index (χ4v) is 3.98. The van der Waals surface area contributed by atoms with Crippen molar-refractivity contribution < 1.29 is 9.90 Å². The first-order chi connectivity index (χ1) is 11.4. The van der Waals surface area contributed by atoms with Gasteiger partial charge in [0, 0.05) is 24.7 Å². The molecule has 0 spiro atoms. The molecule has 1 aliphatic heterocycles. The number of benzene rings is 1. The minimum absolute atomic E-state index is 0.297. The van der Waals surface area contributed by atoms with Gasteiger partial charge in [-0.05, 0) is 68.5 Å². The zero-order chi connectivity index (χ0) is 17.4. The molecule has 1 aromatic heterocycles. The maximum atomic E-state index is 11.6. The molecule has 4 heteroatoms. The Hall–Kier alpha value is -1.81. The molecule has 0 radical (unpaired) electrons. The van der Waals surface area contributed by atoms with Crippen molar-refractivity contribution in [2.24, 2.45) is 7.05 Å². The third-order valence-corrected chi connectivity index (χ3v) is 5.49. The van der Waals surface area contributed by atoms with E-state index in [9.17, 15) is 9.90 Å². The minimum Gasteiger partial charge on any atom is -0.478 e. The lowest BCUT2D eigenvalue weighted by Crippen LogP contribution is -2.22. The van der Waals surface area contributed by atoms with Crippen molar-refractivity contribution >= 4 is 16.9 Å². The third kappa shape index (κ3) is 2.95. The van der Waals surface area contributed by atoms with Crippen LogP contribution in [0.15, 0.2) is 12.1 Å². The van der Waals surface area contributed by atoms with E-state index < -0.39 is 5.97 Å². The quantitative estimate of drug-likeness (QED) is 0.904. The first-order valence-corrected chi connectivity index (χ1v) is 8.97. The summed E-state index contributed by atoms with van der Waals surface area (Å²) >= 11 is 0. The van der Waals surface area contributed by atoms with Gasteiger partial charge in [-0.1, -0.05) is 13.8 Å². The maximum absolute atomic E-state index is 11.6. The lowest BCUT2D eigenvalue weighted by Gasteiger charge is -2.14. The van der Waals surface area contributed by atoms with Crippen LogP contribution in [-0.4, -0.2) is 40.2 Å². The van der Waals surface area contributed by atoms with Crippen LogP contribution in [0.4, 0.5) is 0 Å². The maximum Gasteiger partial charge on any atom is 0.335 e. The van der Waals surface area contributed by atoms with Gasteiger partial charge >= 0.3 is 5.97 Å². The van der Waals surface area contributed by atoms with E-state index in [1.807, 2.05) is 12.1 Å². The van der Waals surface area contributed by atoms with Crippen molar-refractivity contribution in [1.29, 1.82) is 0 Å². The second kappa shape index (κ2) is 6.60. The van der Waals surface area contributed by atoms with Gasteiger partial charge in [0.2, 0.25) is 0 Å². The average Bonchev–Trinajstić information content (AvgIpc) is 3.13. The highest BCUT2D eigenvalue weighted by Crippen LogP contribution is 2.33. The lowest BCUT2D eigenvalue weighted by atomic mass is 9.95. The van der Waals surface area contributed by atoms with Crippen LogP contribution in [0.2, 0.25) is 0 Å². The van der Waals surface area contributed by atoms with Gasteiger partial charge in [0.05, 0.1) is 11.1 Å². The Balaban J connectivity index is 2.10. The van der Waals surface area contributed by atoms with Crippen LogP contribution < -0.4 is 0 Å². The summed E-state index contributed by atoms with van der Waals surface area (Å²) in [7, 11) is 2.10. The van der Waals surface area contributed by atoms with E-state index in [0.29, 0.717) is 11.5 Å². The van der Waals surface area contributed by atoms with E-state index in [-0.39, 0.29) is 0 Å². The lowest BCUT2D eigenvalue weighted by molar-refractivity contribution is 0.0697. The number of nitrogens with zero attached hydrogens (tertiary/aromatic N) is 2. The van der Waals surface area contributed by atoms with Gasteiger partial charge in [0.1, 0.15) is 0 Å². The van der Waals surface area contributed by atoms with Crippen molar-refractivity contribution in [2.75, 3.05) is 19.6 Å². The van der Waals surface area contributed by atoms with Gasteiger partial charge in [-0.15, -0.1) is 0 Å². The summed E-state index contributed by atoms with van der Waals surface area (Å²) in [5.74, 6) is -0.544.